The molecular formula is C14H12Cl2N4O. The van der Waals surface area contributed by atoms with Crippen molar-refractivity contribution in [3.63, 3.8) is 0 Å². The van der Waals surface area contributed by atoms with Gasteiger partial charge in [0.25, 0.3) is 5.91 Å². The minimum Gasteiger partial charge on any atom is -0.366 e. The van der Waals surface area contributed by atoms with Crippen molar-refractivity contribution in [1.29, 1.82) is 0 Å². The first-order valence-electron chi connectivity index (χ1n) is 6.49. The smallest absolute Gasteiger partial charge is 0.276 e. The van der Waals surface area contributed by atoms with Gasteiger partial charge in [0.2, 0.25) is 0 Å². The molecule has 5 nitrogen and oxygen atoms in total. The van der Waals surface area contributed by atoms with Crippen molar-refractivity contribution >= 4 is 40.6 Å². The molecule has 0 bridgehead atoms. The van der Waals surface area contributed by atoms with Gasteiger partial charge in [-0.25, -0.2) is 0 Å². The number of hydrogen-bond acceptors (Lipinski definition) is 4. The number of para-hydroxylation sites is 1. The van der Waals surface area contributed by atoms with Crippen molar-refractivity contribution < 1.29 is 4.79 Å². The molecule has 1 saturated carbocycles. The number of halogens is 2. The lowest BCUT2D eigenvalue weighted by Gasteiger charge is -2.08. The second kappa shape index (κ2) is 5.87. The van der Waals surface area contributed by atoms with E-state index in [-0.39, 0.29) is 5.69 Å². The molecule has 108 valence electrons. The van der Waals surface area contributed by atoms with E-state index in [2.05, 4.69) is 20.8 Å². The van der Waals surface area contributed by atoms with Crippen molar-refractivity contribution in [1.82, 2.24) is 10.2 Å². The number of carbonyl (C=O) groups excluding carboxylic acids is 1. The Balaban J connectivity index is 1.72. The number of nitrogens with one attached hydrogen (secondary N) is 2. The summed E-state index contributed by atoms with van der Waals surface area (Å²) < 4.78 is 0. The molecule has 0 radical (unpaired) electrons. The number of amides is 1. The number of carbonyl (C=O) groups is 1. The van der Waals surface area contributed by atoms with E-state index in [1.807, 2.05) is 0 Å². The first-order valence-corrected chi connectivity index (χ1v) is 7.25. The molecule has 1 amide bonds. The van der Waals surface area contributed by atoms with E-state index in [9.17, 15) is 4.79 Å². The molecule has 7 heteroatoms. The van der Waals surface area contributed by atoms with Gasteiger partial charge >= 0.3 is 0 Å². The van der Waals surface area contributed by atoms with Crippen LogP contribution in [0.1, 0.15) is 23.3 Å². The largest absolute Gasteiger partial charge is 0.366 e. The Morgan fingerprint density at radius 2 is 1.81 bits per heavy atom. The van der Waals surface area contributed by atoms with Gasteiger partial charge in [-0.1, -0.05) is 29.3 Å². The van der Waals surface area contributed by atoms with Crippen molar-refractivity contribution in [3.8, 4) is 0 Å². The summed E-state index contributed by atoms with van der Waals surface area (Å²) in [5, 5.41) is 14.5. The average Bonchev–Trinajstić information content (AvgIpc) is 3.28. The zero-order valence-electron chi connectivity index (χ0n) is 10.9. The van der Waals surface area contributed by atoms with Crippen LogP contribution < -0.4 is 10.6 Å². The molecule has 1 heterocycles. The third-order valence-electron chi connectivity index (χ3n) is 3.03. The van der Waals surface area contributed by atoms with Crippen molar-refractivity contribution in [2.45, 2.75) is 18.9 Å². The molecule has 1 aromatic heterocycles. The lowest BCUT2D eigenvalue weighted by atomic mass is 10.3. The third kappa shape index (κ3) is 3.43. The summed E-state index contributed by atoms with van der Waals surface area (Å²) in [5.74, 6) is 0.264. The van der Waals surface area contributed by atoms with Crippen molar-refractivity contribution in [3.05, 3.63) is 46.1 Å². The highest BCUT2D eigenvalue weighted by Gasteiger charge is 2.21. The molecule has 21 heavy (non-hydrogen) atoms. The van der Waals surface area contributed by atoms with E-state index < -0.39 is 5.91 Å². The van der Waals surface area contributed by atoms with Crippen LogP contribution in [0, 0.1) is 0 Å². The maximum Gasteiger partial charge on any atom is 0.276 e. The highest BCUT2D eigenvalue weighted by molar-refractivity contribution is 6.39. The lowest BCUT2D eigenvalue weighted by Crippen LogP contribution is -2.15. The predicted molar refractivity (Wildman–Crippen MR) is 83.1 cm³/mol. The summed E-state index contributed by atoms with van der Waals surface area (Å²) in [6.07, 6.45) is 2.30. The van der Waals surface area contributed by atoms with Gasteiger partial charge in [-0.15, -0.1) is 10.2 Å². The average molecular weight is 323 g/mol. The van der Waals surface area contributed by atoms with Crippen LogP contribution >= 0.6 is 23.2 Å². The van der Waals surface area contributed by atoms with Crippen LogP contribution in [0.5, 0.6) is 0 Å². The van der Waals surface area contributed by atoms with Crippen molar-refractivity contribution in [2.24, 2.45) is 0 Å². The van der Waals surface area contributed by atoms with Crippen LogP contribution in [-0.2, 0) is 0 Å². The summed E-state index contributed by atoms with van der Waals surface area (Å²) in [6.45, 7) is 0. The molecule has 2 aromatic rings. The normalized spacial score (nSPS) is 13.8. The number of rotatable bonds is 4. The fourth-order valence-corrected chi connectivity index (χ4v) is 2.25. The first-order chi connectivity index (χ1) is 10.1. The Labute approximate surface area is 131 Å². The number of anilines is 2. The molecule has 1 fully saturated rings. The standard InChI is InChI=1S/C14H12Cl2N4O/c15-9-2-1-3-10(16)13(9)18-14(21)11-6-7-12(20-19-11)17-8-4-5-8/h1-3,6-8H,4-5H2,(H,17,20)(H,18,21). The lowest BCUT2D eigenvalue weighted by molar-refractivity contribution is 0.102. The Hall–Kier alpha value is -1.85. The molecule has 0 saturated heterocycles. The Morgan fingerprint density at radius 3 is 2.38 bits per heavy atom. The SMILES string of the molecule is O=C(Nc1c(Cl)cccc1Cl)c1ccc(NC2CC2)nn1. The Bertz CT molecular complexity index is 651. The third-order valence-corrected chi connectivity index (χ3v) is 3.66. The van der Waals surface area contributed by atoms with Crippen LogP contribution in [0.25, 0.3) is 0 Å². The molecular weight excluding hydrogens is 311 g/mol. The first kappa shape index (κ1) is 14.1. The highest BCUT2D eigenvalue weighted by atomic mass is 35.5. The van der Waals surface area contributed by atoms with Gasteiger partial charge in [0.15, 0.2) is 5.69 Å². The van der Waals surface area contributed by atoms with E-state index >= 15 is 0 Å². The number of hydrogen-bond donors (Lipinski definition) is 2. The van der Waals surface area contributed by atoms with E-state index in [1.54, 1.807) is 30.3 Å². The summed E-state index contributed by atoms with van der Waals surface area (Å²) in [4.78, 5) is 12.1. The predicted octanol–water partition coefficient (Wildman–Crippen LogP) is 3.61. The van der Waals surface area contributed by atoms with Crippen molar-refractivity contribution in [2.75, 3.05) is 10.6 Å². The minimum absolute atomic E-state index is 0.201. The molecule has 0 unspecified atom stereocenters. The fraction of sp³-hybridized carbons (Fsp3) is 0.214. The number of benzene rings is 1. The maximum absolute atomic E-state index is 12.1. The van der Waals surface area contributed by atoms with E-state index in [0.29, 0.717) is 27.6 Å². The monoisotopic (exact) mass is 322 g/mol. The van der Waals surface area contributed by atoms with Gasteiger partial charge in [0.05, 0.1) is 15.7 Å². The highest BCUT2D eigenvalue weighted by Crippen LogP contribution is 2.30. The van der Waals surface area contributed by atoms with Gasteiger partial charge < -0.3 is 10.6 Å². The molecule has 1 aliphatic carbocycles. The van der Waals surface area contributed by atoms with Crippen LogP contribution in [0.3, 0.4) is 0 Å². The summed E-state index contributed by atoms with van der Waals surface area (Å²) in [5.41, 5.74) is 0.570. The molecule has 0 aliphatic heterocycles. The van der Waals surface area contributed by atoms with Crippen LogP contribution in [0.2, 0.25) is 10.0 Å². The van der Waals surface area contributed by atoms with Gasteiger partial charge in [-0.05, 0) is 37.1 Å². The van der Waals surface area contributed by atoms with Gasteiger partial charge in [0.1, 0.15) is 5.82 Å². The van der Waals surface area contributed by atoms with E-state index in [4.69, 9.17) is 23.2 Å². The topological polar surface area (TPSA) is 66.9 Å². The molecule has 0 spiro atoms. The number of aromatic nitrogens is 2. The van der Waals surface area contributed by atoms with E-state index in [0.717, 1.165) is 12.8 Å². The van der Waals surface area contributed by atoms with Gasteiger partial charge in [0, 0.05) is 6.04 Å². The second-order valence-corrected chi connectivity index (χ2v) is 5.59. The van der Waals surface area contributed by atoms with Crippen LogP contribution in [0.15, 0.2) is 30.3 Å². The molecule has 2 N–H and O–H groups in total. The molecule has 0 atom stereocenters. The van der Waals surface area contributed by atoms with Gasteiger partial charge in [-0.2, -0.15) is 0 Å². The Morgan fingerprint density at radius 1 is 1.10 bits per heavy atom. The Kier molecular flexibility index (Phi) is 3.94. The summed E-state index contributed by atoms with van der Waals surface area (Å²) in [7, 11) is 0. The molecule has 3 rings (SSSR count). The van der Waals surface area contributed by atoms with E-state index in [1.165, 1.54) is 0 Å². The number of nitrogens with zero attached hydrogens (tertiary/aromatic N) is 2. The van der Waals surface area contributed by atoms with Crippen LogP contribution in [-0.4, -0.2) is 22.1 Å². The zero-order chi connectivity index (χ0) is 14.8. The fourth-order valence-electron chi connectivity index (χ4n) is 1.76. The molecule has 1 aliphatic rings. The van der Waals surface area contributed by atoms with Crippen LogP contribution in [0.4, 0.5) is 11.5 Å². The van der Waals surface area contributed by atoms with Gasteiger partial charge in [-0.3, -0.25) is 4.79 Å². The zero-order valence-corrected chi connectivity index (χ0v) is 12.4. The molecule has 1 aromatic carbocycles. The summed E-state index contributed by atoms with van der Waals surface area (Å²) >= 11 is 12.0. The second-order valence-electron chi connectivity index (χ2n) is 4.77. The maximum atomic E-state index is 12.1. The quantitative estimate of drug-likeness (QED) is 0.902. The minimum atomic E-state index is -0.407. The summed E-state index contributed by atoms with van der Waals surface area (Å²) in [6, 6.07) is 8.83.